The number of hydrogen-bond donors (Lipinski definition) is 5. The molecule has 40 heavy (non-hydrogen) atoms. The molecule has 0 spiro atoms. The summed E-state index contributed by atoms with van der Waals surface area (Å²) in [5, 5.41) is 35.9. The van der Waals surface area contributed by atoms with E-state index in [9.17, 15) is 9.90 Å². The fourth-order valence-corrected chi connectivity index (χ4v) is 4.84. The Balaban J connectivity index is 1.02. The molecule has 2 heterocycles. The summed E-state index contributed by atoms with van der Waals surface area (Å²) in [5.41, 5.74) is 6.48. The topological polar surface area (TPSA) is 133 Å². The molecule has 0 saturated heterocycles. The lowest BCUT2D eigenvalue weighted by atomic mass is 9.99. The van der Waals surface area contributed by atoms with E-state index in [2.05, 4.69) is 36.3 Å². The number of carbonyl (C=O) groups is 1. The Morgan fingerprint density at radius 3 is 2.67 bits per heavy atom. The molecule has 206 valence electrons. The molecule has 0 atom stereocenters. The van der Waals surface area contributed by atoms with Gasteiger partial charge in [0.25, 0.3) is 0 Å². The molecule has 5 rings (SSSR count). The molecule has 5 aromatic rings. The first kappa shape index (κ1) is 27.3. The highest BCUT2D eigenvalue weighted by atomic mass is 35.5. The highest BCUT2D eigenvalue weighted by Crippen LogP contribution is 2.31. The average molecular weight is 559 g/mol. The number of nitrogens with one attached hydrogen (secondary N) is 4. The van der Waals surface area contributed by atoms with Gasteiger partial charge >= 0.3 is 0 Å². The van der Waals surface area contributed by atoms with Crippen LogP contribution in [0.2, 0.25) is 5.02 Å². The summed E-state index contributed by atoms with van der Waals surface area (Å²) in [5.74, 6) is 0.00770. The summed E-state index contributed by atoms with van der Waals surface area (Å²) in [7, 11) is 0. The maximum absolute atomic E-state index is 12.3. The smallest absolute Gasteiger partial charge is 0.221 e. The minimum absolute atomic E-state index is 0.00770. The zero-order valence-electron chi connectivity index (χ0n) is 21.9. The van der Waals surface area contributed by atoms with E-state index in [0.717, 1.165) is 51.0 Å². The molecule has 0 saturated carbocycles. The van der Waals surface area contributed by atoms with Crippen LogP contribution in [-0.2, 0) is 17.9 Å². The molecule has 3 aromatic carbocycles. The molecule has 0 bridgehead atoms. The van der Waals surface area contributed by atoms with Crippen molar-refractivity contribution in [3.05, 3.63) is 89.6 Å². The van der Waals surface area contributed by atoms with Crippen LogP contribution in [0.25, 0.3) is 27.7 Å². The fourth-order valence-electron chi connectivity index (χ4n) is 4.54. The van der Waals surface area contributed by atoms with Crippen molar-refractivity contribution in [2.24, 2.45) is 0 Å². The number of anilines is 1. The molecule has 5 N–H and O–H groups in total. The highest BCUT2D eigenvalue weighted by Gasteiger charge is 2.10. The minimum Gasteiger partial charge on any atom is -0.392 e. The summed E-state index contributed by atoms with van der Waals surface area (Å²) in [6, 6.07) is 17.6. The van der Waals surface area contributed by atoms with Crippen molar-refractivity contribution in [3.63, 3.8) is 0 Å². The van der Waals surface area contributed by atoms with Gasteiger partial charge in [-0.3, -0.25) is 14.5 Å². The molecular formula is C29H31ClN8O2. The van der Waals surface area contributed by atoms with Gasteiger partial charge in [0.15, 0.2) is 0 Å². The van der Waals surface area contributed by atoms with E-state index in [1.807, 2.05) is 59.2 Å². The standard InChI is InChI=1S/C29H31ClN8O2/c30-26-12-20(6-7-24(26)23-5-2-1-4-21(23)17-39)15-31-11-8-29(40)33-10-3-9-32-27-13-22(38-18-35-36-19-38)14-28-25(27)16-34-37-28/h1-2,4-7,12-14,16,18-19,31-32,39H,3,8-11,15,17H2,(H,33,40)(H,34,37). The second-order valence-electron chi connectivity index (χ2n) is 9.38. The number of fused-ring (bicyclic) bond motifs is 1. The second kappa shape index (κ2) is 13.2. The normalized spacial score (nSPS) is 11.2. The monoisotopic (exact) mass is 558 g/mol. The second-order valence-corrected chi connectivity index (χ2v) is 9.79. The van der Waals surface area contributed by atoms with Crippen molar-refractivity contribution in [3.8, 4) is 16.8 Å². The Bertz CT molecular complexity index is 1570. The molecule has 0 unspecified atom stereocenters. The lowest BCUT2D eigenvalue weighted by molar-refractivity contribution is -0.120. The van der Waals surface area contributed by atoms with E-state index in [4.69, 9.17) is 11.6 Å². The van der Waals surface area contributed by atoms with Crippen LogP contribution in [-0.4, -0.2) is 55.6 Å². The van der Waals surface area contributed by atoms with Gasteiger partial charge in [0.1, 0.15) is 12.7 Å². The molecule has 0 radical (unpaired) electrons. The Morgan fingerprint density at radius 2 is 1.85 bits per heavy atom. The zero-order valence-corrected chi connectivity index (χ0v) is 22.7. The number of aliphatic hydroxyl groups excluding tert-OH is 1. The Morgan fingerprint density at radius 1 is 1.00 bits per heavy atom. The van der Waals surface area contributed by atoms with Gasteiger partial charge in [-0.15, -0.1) is 10.2 Å². The molecule has 10 nitrogen and oxygen atoms in total. The molecule has 0 aliphatic heterocycles. The summed E-state index contributed by atoms with van der Waals surface area (Å²) < 4.78 is 1.84. The summed E-state index contributed by atoms with van der Waals surface area (Å²) in [6.45, 7) is 2.41. The maximum atomic E-state index is 12.3. The van der Waals surface area contributed by atoms with Gasteiger partial charge in [0.2, 0.25) is 5.91 Å². The molecule has 1 amide bonds. The van der Waals surface area contributed by atoms with E-state index in [1.54, 1.807) is 18.9 Å². The van der Waals surface area contributed by atoms with Crippen molar-refractivity contribution in [2.45, 2.75) is 26.0 Å². The van der Waals surface area contributed by atoms with Gasteiger partial charge in [0, 0.05) is 54.3 Å². The number of benzene rings is 3. The van der Waals surface area contributed by atoms with Crippen molar-refractivity contribution in [2.75, 3.05) is 25.0 Å². The SMILES string of the molecule is O=C(CCNCc1ccc(-c2ccccc2CO)c(Cl)c1)NCCCNc1cc(-n2cnnc2)cc2[nH]ncc12. The number of amides is 1. The number of nitrogens with zero attached hydrogens (tertiary/aromatic N) is 4. The predicted octanol–water partition coefficient (Wildman–Crippen LogP) is 4.05. The van der Waals surface area contributed by atoms with Crippen molar-refractivity contribution >= 4 is 34.1 Å². The van der Waals surface area contributed by atoms with Crippen LogP contribution in [0.3, 0.4) is 0 Å². The van der Waals surface area contributed by atoms with Crippen LogP contribution in [0.5, 0.6) is 0 Å². The van der Waals surface area contributed by atoms with Gasteiger partial charge in [-0.1, -0.05) is 48.0 Å². The molecule has 11 heteroatoms. The predicted molar refractivity (Wildman–Crippen MR) is 156 cm³/mol. The van der Waals surface area contributed by atoms with Gasteiger partial charge in [0.05, 0.1) is 24.0 Å². The third kappa shape index (κ3) is 6.66. The van der Waals surface area contributed by atoms with Gasteiger partial charge in [-0.2, -0.15) is 5.10 Å². The van der Waals surface area contributed by atoms with Crippen molar-refractivity contribution in [1.29, 1.82) is 0 Å². The first-order valence-corrected chi connectivity index (χ1v) is 13.5. The maximum Gasteiger partial charge on any atom is 0.221 e. The van der Waals surface area contributed by atoms with E-state index in [-0.39, 0.29) is 12.5 Å². The number of rotatable bonds is 13. The molecule has 0 aliphatic rings. The Kier molecular flexibility index (Phi) is 9.02. The summed E-state index contributed by atoms with van der Waals surface area (Å²) in [4.78, 5) is 12.3. The van der Waals surface area contributed by atoms with Gasteiger partial charge in [-0.05, 0) is 41.3 Å². The Labute approximate surface area is 236 Å². The van der Waals surface area contributed by atoms with Crippen LogP contribution in [0.1, 0.15) is 24.0 Å². The Hall–Kier alpha value is -4.25. The highest BCUT2D eigenvalue weighted by molar-refractivity contribution is 6.33. The van der Waals surface area contributed by atoms with Crippen LogP contribution >= 0.6 is 11.6 Å². The van der Waals surface area contributed by atoms with E-state index >= 15 is 0 Å². The number of aromatic amines is 1. The van der Waals surface area contributed by atoms with E-state index in [1.165, 1.54) is 0 Å². The van der Waals surface area contributed by atoms with E-state index < -0.39 is 0 Å². The fraction of sp³-hybridized carbons (Fsp3) is 0.241. The number of carbonyl (C=O) groups excluding carboxylic acids is 1. The minimum atomic E-state index is -0.0396. The van der Waals surface area contributed by atoms with Crippen LogP contribution < -0.4 is 16.0 Å². The third-order valence-electron chi connectivity index (χ3n) is 6.62. The first-order valence-electron chi connectivity index (χ1n) is 13.1. The van der Waals surface area contributed by atoms with Gasteiger partial charge < -0.3 is 21.1 Å². The molecule has 0 fully saturated rings. The largest absolute Gasteiger partial charge is 0.392 e. The summed E-state index contributed by atoms with van der Waals surface area (Å²) >= 11 is 6.54. The first-order chi connectivity index (χ1) is 19.6. The number of H-pyrrole nitrogens is 1. The van der Waals surface area contributed by atoms with Crippen LogP contribution in [0.15, 0.2) is 73.4 Å². The zero-order chi connectivity index (χ0) is 27.7. The molecular weight excluding hydrogens is 528 g/mol. The van der Waals surface area contributed by atoms with Crippen LogP contribution in [0, 0.1) is 0 Å². The molecule has 0 aliphatic carbocycles. The van der Waals surface area contributed by atoms with E-state index in [0.29, 0.717) is 37.6 Å². The number of aromatic nitrogens is 5. The number of hydrogen-bond acceptors (Lipinski definition) is 7. The van der Waals surface area contributed by atoms with Crippen molar-refractivity contribution in [1.82, 2.24) is 35.6 Å². The molecule has 2 aromatic heterocycles. The van der Waals surface area contributed by atoms with Crippen molar-refractivity contribution < 1.29 is 9.90 Å². The third-order valence-corrected chi connectivity index (χ3v) is 6.93. The van der Waals surface area contributed by atoms with Crippen LogP contribution in [0.4, 0.5) is 5.69 Å². The van der Waals surface area contributed by atoms with Gasteiger partial charge in [-0.25, -0.2) is 0 Å². The number of halogens is 1. The lowest BCUT2D eigenvalue weighted by Crippen LogP contribution is -2.29. The average Bonchev–Trinajstić information content (AvgIpc) is 3.68. The lowest BCUT2D eigenvalue weighted by Gasteiger charge is -2.12. The summed E-state index contributed by atoms with van der Waals surface area (Å²) in [6.07, 6.45) is 6.26. The number of aliphatic hydroxyl groups is 1. The quantitative estimate of drug-likeness (QED) is 0.138.